The molecule has 0 N–H and O–H groups in total. The number of hydrogen-bond donors (Lipinski definition) is 0. The Kier molecular flexibility index (Phi) is 5.76. The molecule has 148 valence electrons. The number of benzene rings is 1. The number of sulfonamides is 1. The van der Waals surface area contributed by atoms with E-state index in [1.165, 1.54) is 10.6 Å². The first-order chi connectivity index (χ1) is 12.8. The van der Waals surface area contributed by atoms with Crippen molar-refractivity contribution in [3.8, 4) is 5.75 Å². The molecule has 1 aromatic heterocycles. The summed E-state index contributed by atoms with van der Waals surface area (Å²) in [7, 11) is -3.20. The van der Waals surface area contributed by atoms with Gasteiger partial charge in [-0.1, -0.05) is 19.9 Å². The van der Waals surface area contributed by atoms with Crippen LogP contribution < -0.4 is 4.74 Å². The van der Waals surface area contributed by atoms with Crippen LogP contribution in [-0.4, -0.2) is 67.1 Å². The lowest BCUT2D eigenvalue weighted by molar-refractivity contribution is -0.134. The second kappa shape index (κ2) is 7.90. The highest BCUT2D eigenvalue weighted by atomic mass is 32.2. The van der Waals surface area contributed by atoms with E-state index in [9.17, 15) is 13.2 Å². The van der Waals surface area contributed by atoms with Crippen molar-refractivity contribution in [2.75, 3.05) is 39.0 Å². The minimum atomic E-state index is -3.20. The van der Waals surface area contributed by atoms with Gasteiger partial charge >= 0.3 is 0 Å². The lowest BCUT2D eigenvalue weighted by atomic mass is 10.2. The molecule has 8 heteroatoms. The van der Waals surface area contributed by atoms with Gasteiger partial charge in [0.25, 0.3) is 5.91 Å². The number of rotatable bonds is 6. The van der Waals surface area contributed by atoms with Crippen LogP contribution in [0.2, 0.25) is 0 Å². The molecule has 0 bridgehead atoms. The first-order valence-corrected chi connectivity index (χ1v) is 11.0. The monoisotopic (exact) mass is 393 g/mol. The molecule has 1 saturated heterocycles. The zero-order valence-corrected chi connectivity index (χ0v) is 16.9. The van der Waals surface area contributed by atoms with Crippen LogP contribution in [0.1, 0.15) is 13.8 Å². The molecule has 7 nitrogen and oxygen atoms in total. The molecule has 3 rings (SSSR count). The van der Waals surface area contributed by atoms with E-state index in [2.05, 4.69) is 24.5 Å². The molecule has 0 spiro atoms. The number of nitrogens with zero attached hydrogens (tertiary/aromatic N) is 3. The van der Waals surface area contributed by atoms with Crippen LogP contribution in [0.3, 0.4) is 0 Å². The van der Waals surface area contributed by atoms with Crippen molar-refractivity contribution >= 4 is 26.8 Å². The summed E-state index contributed by atoms with van der Waals surface area (Å²) < 4.78 is 32.5. The van der Waals surface area contributed by atoms with Crippen LogP contribution in [-0.2, 0) is 21.4 Å². The highest BCUT2D eigenvalue weighted by Crippen LogP contribution is 2.27. The third kappa shape index (κ3) is 4.62. The van der Waals surface area contributed by atoms with E-state index in [0.717, 1.165) is 17.4 Å². The number of hydrogen-bond acceptors (Lipinski definition) is 4. The Labute approximate surface area is 160 Å². The summed E-state index contributed by atoms with van der Waals surface area (Å²) in [4.78, 5) is 14.1. The molecule has 1 amide bonds. The van der Waals surface area contributed by atoms with E-state index in [4.69, 9.17) is 4.74 Å². The normalized spacial score (nSPS) is 16.2. The molecule has 0 unspecified atom stereocenters. The highest BCUT2D eigenvalue weighted by molar-refractivity contribution is 7.88. The van der Waals surface area contributed by atoms with Crippen molar-refractivity contribution in [3.63, 3.8) is 0 Å². The van der Waals surface area contributed by atoms with Crippen molar-refractivity contribution in [2.24, 2.45) is 5.92 Å². The second-order valence-electron chi connectivity index (χ2n) is 7.38. The van der Waals surface area contributed by atoms with Crippen LogP contribution in [0.15, 0.2) is 30.5 Å². The minimum absolute atomic E-state index is 0.0483. The maximum Gasteiger partial charge on any atom is 0.260 e. The Hall–Kier alpha value is -2.06. The van der Waals surface area contributed by atoms with E-state index < -0.39 is 10.0 Å². The van der Waals surface area contributed by atoms with Gasteiger partial charge in [-0.15, -0.1) is 0 Å². The average Bonchev–Trinajstić information content (AvgIpc) is 3.02. The number of carbonyl (C=O) groups excluding carboxylic acids is 1. The molecule has 0 atom stereocenters. The van der Waals surface area contributed by atoms with E-state index in [1.54, 1.807) is 4.90 Å². The molecule has 0 saturated carbocycles. The van der Waals surface area contributed by atoms with Crippen molar-refractivity contribution < 1.29 is 17.9 Å². The van der Waals surface area contributed by atoms with Gasteiger partial charge in [-0.2, -0.15) is 4.31 Å². The summed E-state index contributed by atoms with van der Waals surface area (Å²) in [5, 5.41) is 0.993. The van der Waals surface area contributed by atoms with E-state index in [0.29, 0.717) is 37.8 Å². The van der Waals surface area contributed by atoms with E-state index >= 15 is 0 Å². The predicted molar refractivity (Wildman–Crippen MR) is 105 cm³/mol. The third-order valence-corrected chi connectivity index (χ3v) is 6.05. The molecular formula is C19H27N3O4S. The van der Waals surface area contributed by atoms with Crippen molar-refractivity contribution in [3.05, 3.63) is 30.5 Å². The molecular weight excluding hydrogens is 366 g/mol. The maximum absolute atomic E-state index is 12.4. The summed E-state index contributed by atoms with van der Waals surface area (Å²) in [5.74, 6) is 1.11. The Bertz CT molecular complexity index is 912. The van der Waals surface area contributed by atoms with Gasteiger partial charge in [0.2, 0.25) is 10.0 Å². The van der Waals surface area contributed by atoms with Gasteiger partial charge in [0.05, 0.1) is 11.8 Å². The number of ether oxygens (including phenoxy) is 1. The number of carbonyl (C=O) groups is 1. The Morgan fingerprint density at radius 2 is 1.85 bits per heavy atom. The van der Waals surface area contributed by atoms with Gasteiger partial charge < -0.3 is 14.2 Å². The van der Waals surface area contributed by atoms with Gasteiger partial charge in [0.15, 0.2) is 6.61 Å². The largest absolute Gasteiger partial charge is 0.483 e. The molecule has 1 fully saturated rings. The second-order valence-corrected chi connectivity index (χ2v) is 9.36. The van der Waals surface area contributed by atoms with Crippen LogP contribution in [0.25, 0.3) is 10.9 Å². The lowest BCUT2D eigenvalue weighted by Crippen LogP contribution is -2.51. The first-order valence-electron chi connectivity index (χ1n) is 9.19. The van der Waals surface area contributed by atoms with Crippen LogP contribution in [0, 0.1) is 5.92 Å². The Balaban J connectivity index is 1.62. The van der Waals surface area contributed by atoms with Crippen molar-refractivity contribution in [1.82, 2.24) is 13.8 Å². The van der Waals surface area contributed by atoms with Gasteiger partial charge in [-0.05, 0) is 24.1 Å². The van der Waals surface area contributed by atoms with Gasteiger partial charge in [-0.25, -0.2) is 8.42 Å². The Morgan fingerprint density at radius 1 is 1.15 bits per heavy atom. The minimum Gasteiger partial charge on any atom is -0.483 e. The van der Waals surface area contributed by atoms with Crippen molar-refractivity contribution in [1.29, 1.82) is 0 Å². The fraction of sp³-hybridized carbons (Fsp3) is 0.526. The van der Waals surface area contributed by atoms with Crippen molar-refractivity contribution in [2.45, 2.75) is 20.4 Å². The van der Waals surface area contributed by atoms with Crippen LogP contribution in [0.4, 0.5) is 0 Å². The SMILES string of the molecule is CC(C)Cn1ccc2c(OCC(=O)N3CCN(S(C)(=O)=O)CC3)cccc21. The summed E-state index contributed by atoms with van der Waals surface area (Å²) in [6, 6.07) is 7.87. The van der Waals surface area contributed by atoms with Gasteiger partial charge in [-0.3, -0.25) is 4.79 Å². The average molecular weight is 394 g/mol. The molecule has 1 aliphatic heterocycles. The zero-order valence-electron chi connectivity index (χ0n) is 16.1. The van der Waals surface area contributed by atoms with Gasteiger partial charge in [0.1, 0.15) is 5.75 Å². The van der Waals surface area contributed by atoms with E-state index in [1.807, 2.05) is 24.4 Å². The Morgan fingerprint density at radius 3 is 2.48 bits per heavy atom. The number of aromatic nitrogens is 1. The topological polar surface area (TPSA) is 71.8 Å². The summed E-state index contributed by atoms with van der Waals surface area (Å²) >= 11 is 0. The molecule has 2 heterocycles. The highest BCUT2D eigenvalue weighted by Gasteiger charge is 2.26. The molecule has 2 aromatic rings. The lowest BCUT2D eigenvalue weighted by Gasteiger charge is -2.33. The zero-order chi connectivity index (χ0) is 19.6. The van der Waals surface area contributed by atoms with E-state index in [-0.39, 0.29) is 12.5 Å². The predicted octanol–water partition coefficient (Wildman–Crippen LogP) is 1.78. The molecule has 1 aromatic carbocycles. The summed E-state index contributed by atoms with van der Waals surface area (Å²) in [6.07, 6.45) is 3.24. The summed E-state index contributed by atoms with van der Waals surface area (Å²) in [6.45, 7) is 6.68. The standard InChI is InChI=1S/C19H27N3O4S/c1-15(2)13-21-8-7-16-17(21)5-4-6-18(16)26-14-19(23)20-9-11-22(12-10-20)27(3,24)25/h4-8,15H,9-14H2,1-3H3. The molecule has 0 aliphatic carbocycles. The fourth-order valence-corrected chi connectivity index (χ4v) is 4.20. The number of fused-ring (bicyclic) bond motifs is 1. The number of piperazine rings is 1. The smallest absolute Gasteiger partial charge is 0.260 e. The van der Waals surface area contributed by atoms with Crippen LogP contribution in [0.5, 0.6) is 5.75 Å². The van der Waals surface area contributed by atoms with Gasteiger partial charge in [0, 0.05) is 44.3 Å². The summed E-state index contributed by atoms with van der Waals surface area (Å²) in [5.41, 5.74) is 1.09. The molecule has 0 radical (unpaired) electrons. The fourth-order valence-electron chi connectivity index (χ4n) is 3.37. The maximum atomic E-state index is 12.4. The van der Waals surface area contributed by atoms with Crippen LogP contribution >= 0.6 is 0 Å². The third-order valence-electron chi connectivity index (χ3n) is 4.75. The first kappa shape index (κ1) is 19.7. The quantitative estimate of drug-likeness (QED) is 0.750. The molecule has 1 aliphatic rings. The molecule has 27 heavy (non-hydrogen) atoms. The number of amides is 1.